The van der Waals surface area contributed by atoms with Gasteiger partial charge in [-0.15, -0.1) is 0 Å². The molecular weight excluding hydrogens is 518 g/mol. The molecule has 1 aromatic carbocycles. The minimum atomic E-state index is -0.253. The van der Waals surface area contributed by atoms with E-state index in [1.165, 1.54) is 0 Å². The Balaban J connectivity index is 2.13. The minimum Gasteiger partial charge on any atom is -0.354 e. The van der Waals surface area contributed by atoms with Crippen molar-refractivity contribution in [3.05, 3.63) is 102 Å². The lowest BCUT2D eigenvalue weighted by Crippen LogP contribution is -2.37. The monoisotopic (exact) mass is 573 g/mol. The van der Waals surface area contributed by atoms with Gasteiger partial charge in [0.2, 0.25) is 5.91 Å². The van der Waals surface area contributed by atoms with Gasteiger partial charge in [0.25, 0.3) is 0 Å². The molecule has 3 amide bonds. The summed E-state index contributed by atoms with van der Waals surface area (Å²) in [6.07, 6.45) is 33.1. The third-order valence-corrected chi connectivity index (χ3v) is 6.48. The second-order valence-corrected chi connectivity index (χ2v) is 10.8. The van der Waals surface area contributed by atoms with E-state index in [0.29, 0.717) is 37.8 Å². The van der Waals surface area contributed by atoms with Crippen molar-refractivity contribution in [3.63, 3.8) is 0 Å². The predicted octanol–water partition coefficient (Wildman–Crippen LogP) is 9.65. The van der Waals surface area contributed by atoms with Crippen LogP contribution in [0.25, 0.3) is 0 Å². The Morgan fingerprint density at radius 3 is 1.52 bits per heavy atom. The van der Waals surface area contributed by atoms with Crippen LogP contribution in [0.2, 0.25) is 0 Å². The zero-order valence-corrected chi connectivity index (χ0v) is 26.7. The first-order valence-corrected chi connectivity index (χ1v) is 15.7. The Labute approximate surface area is 256 Å². The van der Waals surface area contributed by atoms with E-state index in [0.717, 1.165) is 55.3 Å². The summed E-state index contributed by atoms with van der Waals surface area (Å²) in [7, 11) is 0. The smallest absolute Gasteiger partial charge is 0.319 e. The number of amides is 3. The molecule has 0 saturated heterocycles. The zero-order valence-electron chi connectivity index (χ0n) is 26.7. The molecule has 230 valence electrons. The summed E-state index contributed by atoms with van der Waals surface area (Å²) in [4.78, 5) is 24.6. The lowest BCUT2D eigenvalue weighted by molar-refractivity contribution is -0.120. The Bertz CT molecular complexity index is 1050. The SMILES string of the molecule is CC/C=C/C/C=C/C/C=C/C/C=C/C/C=C/C/C=C/CCC(=O)NCCNC(=O)Nc1c(C(C)C)cccc1C(C)C. The average Bonchev–Trinajstić information content (AvgIpc) is 2.96. The second-order valence-electron chi connectivity index (χ2n) is 10.8. The van der Waals surface area contributed by atoms with E-state index >= 15 is 0 Å². The fraction of sp³-hybridized carbons (Fsp3) is 0.459. The van der Waals surface area contributed by atoms with Crippen LogP contribution in [0.3, 0.4) is 0 Å². The van der Waals surface area contributed by atoms with Crippen LogP contribution in [0.1, 0.15) is 109 Å². The van der Waals surface area contributed by atoms with E-state index in [-0.39, 0.29) is 11.9 Å². The number of benzene rings is 1. The predicted molar refractivity (Wildman–Crippen MR) is 182 cm³/mol. The van der Waals surface area contributed by atoms with E-state index in [2.05, 4.69) is 130 Å². The quantitative estimate of drug-likeness (QED) is 0.107. The summed E-state index contributed by atoms with van der Waals surface area (Å²) in [5.74, 6) is 0.600. The highest BCUT2D eigenvalue weighted by molar-refractivity contribution is 5.91. The van der Waals surface area contributed by atoms with Crippen LogP contribution in [0.15, 0.2) is 91.1 Å². The lowest BCUT2D eigenvalue weighted by Gasteiger charge is -2.20. The molecule has 42 heavy (non-hydrogen) atoms. The number of hydrogen-bond acceptors (Lipinski definition) is 2. The summed E-state index contributed by atoms with van der Waals surface area (Å²) >= 11 is 0. The highest BCUT2D eigenvalue weighted by Gasteiger charge is 2.15. The number of carbonyl (C=O) groups excluding carboxylic acids is 2. The van der Waals surface area contributed by atoms with Crippen molar-refractivity contribution in [3.8, 4) is 0 Å². The van der Waals surface area contributed by atoms with Crippen molar-refractivity contribution in [2.24, 2.45) is 0 Å². The van der Waals surface area contributed by atoms with Crippen molar-refractivity contribution in [1.29, 1.82) is 0 Å². The van der Waals surface area contributed by atoms with Crippen molar-refractivity contribution in [1.82, 2.24) is 10.6 Å². The number of para-hydroxylation sites is 1. The van der Waals surface area contributed by atoms with Crippen LogP contribution < -0.4 is 16.0 Å². The summed E-state index contributed by atoms with van der Waals surface area (Å²) in [6, 6.07) is 5.91. The molecular formula is C37H55N3O2. The van der Waals surface area contributed by atoms with Crippen molar-refractivity contribution in [2.75, 3.05) is 18.4 Å². The molecule has 0 aliphatic carbocycles. The molecule has 0 aromatic heterocycles. The fourth-order valence-corrected chi connectivity index (χ4v) is 4.17. The van der Waals surface area contributed by atoms with Crippen molar-refractivity contribution < 1.29 is 9.59 Å². The number of hydrogen-bond donors (Lipinski definition) is 3. The molecule has 3 N–H and O–H groups in total. The molecule has 1 rings (SSSR count). The molecule has 1 aromatic rings. The van der Waals surface area contributed by atoms with Crippen LogP contribution in [-0.4, -0.2) is 25.0 Å². The number of allylic oxidation sites excluding steroid dienone is 12. The molecule has 5 heteroatoms. The Kier molecular flexibility index (Phi) is 20.9. The summed E-state index contributed by atoms with van der Waals surface area (Å²) in [5, 5.41) is 8.75. The van der Waals surface area contributed by atoms with Gasteiger partial charge in [0, 0.05) is 25.2 Å². The van der Waals surface area contributed by atoms with E-state index < -0.39 is 0 Å². The third kappa shape index (κ3) is 18.0. The van der Waals surface area contributed by atoms with Gasteiger partial charge < -0.3 is 16.0 Å². The van der Waals surface area contributed by atoms with Crippen molar-refractivity contribution >= 4 is 17.6 Å². The third-order valence-electron chi connectivity index (χ3n) is 6.48. The summed E-state index contributed by atoms with van der Waals surface area (Å²) in [6.45, 7) is 11.4. The Morgan fingerprint density at radius 2 is 1.07 bits per heavy atom. The first-order valence-electron chi connectivity index (χ1n) is 15.7. The molecule has 0 radical (unpaired) electrons. The summed E-state index contributed by atoms with van der Waals surface area (Å²) < 4.78 is 0. The van der Waals surface area contributed by atoms with Crippen LogP contribution >= 0.6 is 0 Å². The van der Waals surface area contributed by atoms with E-state index in [9.17, 15) is 9.59 Å². The normalized spacial score (nSPS) is 12.5. The van der Waals surface area contributed by atoms with Gasteiger partial charge in [0.05, 0.1) is 0 Å². The summed E-state index contributed by atoms with van der Waals surface area (Å²) in [5.41, 5.74) is 3.14. The van der Waals surface area contributed by atoms with Gasteiger partial charge in [-0.25, -0.2) is 4.79 Å². The van der Waals surface area contributed by atoms with Gasteiger partial charge in [-0.05, 0) is 67.9 Å². The van der Waals surface area contributed by atoms with Crippen LogP contribution in [0.4, 0.5) is 10.5 Å². The zero-order chi connectivity index (χ0) is 30.8. The van der Waals surface area contributed by atoms with E-state index in [1.807, 2.05) is 12.1 Å². The lowest BCUT2D eigenvalue weighted by atomic mass is 9.93. The van der Waals surface area contributed by atoms with E-state index in [1.54, 1.807) is 0 Å². The van der Waals surface area contributed by atoms with Gasteiger partial charge in [-0.1, -0.05) is 126 Å². The Morgan fingerprint density at radius 1 is 0.643 bits per heavy atom. The van der Waals surface area contributed by atoms with Gasteiger partial charge in [-0.2, -0.15) is 0 Å². The number of rotatable bonds is 20. The molecule has 0 aliphatic rings. The number of carbonyl (C=O) groups is 2. The maximum absolute atomic E-state index is 12.5. The maximum atomic E-state index is 12.5. The molecule has 0 atom stereocenters. The topological polar surface area (TPSA) is 70.2 Å². The second kappa shape index (κ2) is 24.0. The fourth-order valence-electron chi connectivity index (χ4n) is 4.17. The van der Waals surface area contributed by atoms with Crippen LogP contribution in [0, 0.1) is 0 Å². The standard InChI is InChI=1S/C37H55N3O2/c1-6-7-8-9-10-11-12-13-14-15-16-17-18-19-20-21-22-23-24-28-35(41)38-29-30-39-37(42)40-36-33(31(2)3)26-25-27-34(36)32(4)5/h7-8,10-11,13-14,16-17,19-20,22-23,25-27,31-32H,6,9,12,15,18,21,24,28-30H2,1-5H3,(H,38,41)(H2,39,40,42)/b8-7+,11-10+,14-13+,17-16+,20-19+,23-22+. The molecule has 0 saturated carbocycles. The molecule has 0 unspecified atom stereocenters. The molecule has 0 fully saturated rings. The Hall–Kier alpha value is -3.60. The molecule has 0 bridgehead atoms. The van der Waals surface area contributed by atoms with Gasteiger partial charge in [-0.3, -0.25) is 4.79 Å². The number of anilines is 1. The van der Waals surface area contributed by atoms with Crippen molar-refractivity contribution in [2.45, 2.75) is 97.8 Å². The highest BCUT2D eigenvalue weighted by Crippen LogP contribution is 2.32. The van der Waals surface area contributed by atoms with Gasteiger partial charge in [0.1, 0.15) is 0 Å². The maximum Gasteiger partial charge on any atom is 0.319 e. The molecule has 0 aliphatic heterocycles. The van der Waals surface area contributed by atoms with Gasteiger partial charge >= 0.3 is 6.03 Å². The highest BCUT2D eigenvalue weighted by atomic mass is 16.2. The van der Waals surface area contributed by atoms with Crippen LogP contribution in [-0.2, 0) is 4.79 Å². The molecule has 0 heterocycles. The average molecular weight is 574 g/mol. The first kappa shape index (κ1) is 36.4. The molecule has 5 nitrogen and oxygen atoms in total. The number of nitrogens with one attached hydrogen (secondary N) is 3. The number of urea groups is 1. The minimum absolute atomic E-state index is 0.0102. The molecule has 0 spiro atoms. The first-order chi connectivity index (χ1) is 20.4. The van der Waals surface area contributed by atoms with Gasteiger partial charge in [0.15, 0.2) is 0 Å². The largest absolute Gasteiger partial charge is 0.354 e. The van der Waals surface area contributed by atoms with Crippen LogP contribution in [0.5, 0.6) is 0 Å². The van der Waals surface area contributed by atoms with E-state index in [4.69, 9.17) is 0 Å².